The highest BCUT2D eigenvalue weighted by Gasteiger charge is 2.40. The van der Waals surface area contributed by atoms with Crippen molar-refractivity contribution in [3.05, 3.63) is 58.2 Å². The number of para-hydroxylation sites is 1. The highest BCUT2D eigenvalue weighted by molar-refractivity contribution is 5.92. The molecule has 1 amide bonds. The lowest BCUT2D eigenvalue weighted by Crippen LogP contribution is -2.45. The predicted molar refractivity (Wildman–Crippen MR) is 117 cm³/mol. The molecule has 3 atom stereocenters. The van der Waals surface area contributed by atoms with Crippen molar-refractivity contribution in [1.82, 2.24) is 4.90 Å². The number of fused-ring (bicyclic) bond motifs is 1. The van der Waals surface area contributed by atoms with Crippen LogP contribution in [0.2, 0.25) is 0 Å². The minimum Gasteiger partial charge on any atom is -0.464 e. The number of morpholine rings is 1. The van der Waals surface area contributed by atoms with E-state index in [4.69, 9.17) is 18.6 Å². The van der Waals surface area contributed by atoms with E-state index < -0.39 is 12.2 Å². The van der Waals surface area contributed by atoms with Crippen molar-refractivity contribution in [2.75, 3.05) is 39.5 Å². The van der Waals surface area contributed by atoms with Crippen LogP contribution in [0.5, 0.6) is 0 Å². The van der Waals surface area contributed by atoms with Crippen LogP contribution in [0.4, 0.5) is 0 Å². The molecular formula is C24H29NO7. The summed E-state index contributed by atoms with van der Waals surface area (Å²) in [5.74, 6) is -0.781. The zero-order valence-electron chi connectivity index (χ0n) is 18.2. The maximum Gasteiger partial charge on any atom is 0.288 e. The van der Waals surface area contributed by atoms with Gasteiger partial charge in [-0.3, -0.25) is 9.59 Å². The van der Waals surface area contributed by atoms with Gasteiger partial charge in [-0.1, -0.05) is 12.1 Å². The Morgan fingerprint density at radius 1 is 1.25 bits per heavy atom. The minimum absolute atomic E-state index is 0.0116. The number of rotatable bonds is 7. The Morgan fingerprint density at radius 3 is 2.78 bits per heavy atom. The van der Waals surface area contributed by atoms with E-state index in [-0.39, 0.29) is 29.6 Å². The first-order valence-corrected chi connectivity index (χ1v) is 11.1. The quantitative estimate of drug-likeness (QED) is 0.702. The van der Waals surface area contributed by atoms with Gasteiger partial charge in [0, 0.05) is 43.7 Å². The normalized spacial score (nSPS) is 23.6. The molecule has 4 rings (SSSR count). The Kier molecular flexibility index (Phi) is 7.24. The summed E-state index contributed by atoms with van der Waals surface area (Å²) in [6.45, 7) is 4.17. The van der Waals surface area contributed by atoms with Crippen LogP contribution in [0, 0.1) is 5.92 Å². The number of aliphatic hydroxyl groups excluding tert-OH is 1. The minimum atomic E-state index is -0.715. The number of amides is 1. The number of hydrogen-bond acceptors (Lipinski definition) is 7. The molecule has 1 aromatic heterocycles. The van der Waals surface area contributed by atoms with E-state index in [0.717, 1.165) is 0 Å². The fraction of sp³-hybridized carbons (Fsp3) is 0.500. The zero-order valence-corrected chi connectivity index (χ0v) is 18.2. The smallest absolute Gasteiger partial charge is 0.288 e. The highest BCUT2D eigenvalue weighted by Crippen LogP contribution is 2.39. The second-order valence-corrected chi connectivity index (χ2v) is 7.95. The summed E-state index contributed by atoms with van der Waals surface area (Å²) in [6, 6.07) is 7.09. The molecule has 32 heavy (non-hydrogen) atoms. The Labute approximate surface area is 186 Å². The molecule has 172 valence electrons. The molecule has 1 fully saturated rings. The number of benzene rings is 1. The van der Waals surface area contributed by atoms with Crippen molar-refractivity contribution >= 4 is 16.9 Å². The number of nitrogens with zero attached hydrogens (tertiary/aromatic N) is 1. The van der Waals surface area contributed by atoms with Gasteiger partial charge in [-0.2, -0.15) is 0 Å². The lowest BCUT2D eigenvalue weighted by molar-refractivity contribution is -0.171. The first-order valence-electron chi connectivity index (χ1n) is 11.1. The van der Waals surface area contributed by atoms with Crippen LogP contribution in [0.1, 0.15) is 31.2 Å². The highest BCUT2D eigenvalue weighted by atomic mass is 16.7. The molecule has 2 aliphatic rings. The number of carbonyl (C=O) groups excluding carboxylic acids is 1. The topological polar surface area (TPSA) is 98.4 Å². The molecule has 8 heteroatoms. The second kappa shape index (κ2) is 10.3. The van der Waals surface area contributed by atoms with Crippen LogP contribution in [0.25, 0.3) is 11.0 Å². The molecule has 8 nitrogen and oxygen atoms in total. The van der Waals surface area contributed by atoms with E-state index in [9.17, 15) is 14.7 Å². The largest absolute Gasteiger partial charge is 0.464 e. The van der Waals surface area contributed by atoms with Gasteiger partial charge in [0.1, 0.15) is 5.58 Å². The summed E-state index contributed by atoms with van der Waals surface area (Å²) in [6.07, 6.45) is 3.56. The first-order chi connectivity index (χ1) is 15.6. The standard InChI is InChI=1S/C24H29NO7/c1-2-30-24-16(7-5-11-26)18(14-21(32-24)23(28)25-9-12-29-13-10-25)19-15-31-20-8-4-3-6-17(20)22(19)27/h3-4,6,8,14-16,18,24,26H,2,5,7,9-13H2,1H3/t16-,18+,24-/m1/s1. The molecule has 0 unspecified atom stereocenters. The Morgan fingerprint density at radius 2 is 2.03 bits per heavy atom. The third kappa shape index (κ3) is 4.57. The SMILES string of the molecule is CCO[C@@H]1OC(C(=O)N2CCOCC2)=C[C@H](c2coc3ccccc3c2=O)[C@H]1CCCO. The van der Waals surface area contributed by atoms with Gasteiger partial charge in [0.05, 0.1) is 24.9 Å². The summed E-state index contributed by atoms with van der Waals surface area (Å²) < 4.78 is 23.0. The summed E-state index contributed by atoms with van der Waals surface area (Å²) in [7, 11) is 0. The Bertz CT molecular complexity index is 1020. The van der Waals surface area contributed by atoms with Crippen LogP contribution in [0.15, 0.2) is 51.6 Å². The van der Waals surface area contributed by atoms with E-state index in [1.165, 1.54) is 6.26 Å². The molecule has 1 N–H and O–H groups in total. The molecule has 1 aromatic carbocycles. The summed E-state index contributed by atoms with van der Waals surface area (Å²) in [5, 5.41) is 9.91. The van der Waals surface area contributed by atoms with Crippen molar-refractivity contribution in [2.45, 2.75) is 32.0 Å². The third-order valence-corrected chi connectivity index (χ3v) is 5.99. The molecule has 0 radical (unpaired) electrons. The predicted octanol–water partition coefficient (Wildman–Crippen LogP) is 2.40. The fourth-order valence-corrected chi connectivity index (χ4v) is 4.36. The lowest BCUT2D eigenvalue weighted by Gasteiger charge is -2.38. The molecule has 2 aromatic rings. The first kappa shape index (κ1) is 22.5. The van der Waals surface area contributed by atoms with Gasteiger partial charge in [0.15, 0.2) is 11.2 Å². The summed E-state index contributed by atoms with van der Waals surface area (Å²) in [5.41, 5.74) is 0.819. The van der Waals surface area contributed by atoms with Crippen LogP contribution < -0.4 is 5.43 Å². The fourth-order valence-electron chi connectivity index (χ4n) is 4.36. The van der Waals surface area contributed by atoms with E-state index in [2.05, 4.69) is 0 Å². The molecule has 0 saturated carbocycles. The molecule has 0 bridgehead atoms. The van der Waals surface area contributed by atoms with Crippen molar-refractivity contribution < 1.29 is 28.5 Å². The maximum absolute atomic E-state index is 13.4. The zero-order chi connectivity index (χ0) is 22.5. The number of ether oxygens (including phenoxy) is 3. The van der Waals surface area contributed by atoms with Gasteiger partial charge in [-0.25, -0.2) is 0 Å². The van der Waals surface area contributed by atoms with Gasteiger partial charge in [-0.05, 0) is 38.0 Å². The monoisotopic (exact) mass is 443 g/mol. The van der Waals surface area contributed by atoms with Crippen LogP contribution >= 0.6 is 0 Å². The second-order valence-electron chi connectivity index (χ2n) is 7.95. The van der Waals surface area contributed by atoms with Crippen LogP contribution in [-0.2, 0) is 19.0 Å². The molecule has 0 aliphatic carbocycles. The summed E-state index contributed by atoms with van der Waals surface area (Å²) in [4.78, 5) is 28.2. The number of allylic oxidation sites excluding steroid dienone is 1. The van der Waals surface area contributed by atoms with Gasteiger partial charge in [-0.15, -0.1) is 0 Å². The van der Waals surface area contributed by atoms with Crippen molar-refractivity contribution in [1.29, 1.82) is 0 Å². The average molecular weight is 443 g/mol. The lowest BCUT2D eigenvalue weighted by atomic mass is 9.81. The molecule has 0 spiro atoms. The van der Waals surface area contributed by atoms with E-state index in [0.29, 0.717) is 62.3 Å². The van der Waals surface area contributed by atoms with E-state index >= 15 is 0 Å². The van der Waals surface area contributed by atoms with E-state index in [1.807, 2.05) is 13.0 Å². The van der Waals surface area contributed by atoms with Gasteiger partial charge in [0.2, 0.25) is 6.29 Å². The number of hydrogen-bond donors (Lipinski definition) is 1. The summed E-state index contributed by atoms with van der Waals surface area (Å²) >= 11 is 0. The Balaban J connectivity index is 1.77. The Hall–Kier alpha value is -2.68. The van der Waals surface area contributed by atoms with Crippen LogP contribution in [-0.4, -0.2) is 61.7 Å². The van der Waals surface area contributed by atoms with Gasteiger partial charge >= 0.3 is 0 Å². The van der Waals surface area contributed by atoms with Crippen molar-refractivity contribution in [3.63, 3.8) is 0 Å². The number of carbonyl (C=O) groups is 1. The van der Waals surface area contributed by atoms with Crippen molar-refractivity contribution in [2.24, 2.45) is 5.92 Å². The van der Waals surface area contributed by atoms with Gasteiger partial charge < -0.3 is 28.6 Å². The molecule has 2 aliphatic heterocycles. The molecular weight excluding hydrogens is 414 g/mol. The van der Waals surface area contributed by atoms with Gasteiger partial charge in [0.25, 0.3) is 5.91 Å². The molecule has 3 heterocycles. The van der Waals surface area contributed by atoms with Crippen molar-refractivity contribution in [3.8, 4) is 0 Å². The van der Waals surface area contributed by atoms with E-state index in [1.54, 1.807) is 29.2 Å². The average Bonchev–Trinajstić information content (AvgIpc) is 2.83. The maximum atomic E-state index is 13.4. The molecule has 1 saturated heterocycles. The van der Waals surface area contributed by atoms with Crippen LogP contribution in [0.3, 0.4) is 0 Å². The number of aliphatic hydroxyl groups is 1. The third-order valence-electron chi connectivity index (χ3n) is 5.99.